The normalized spacial score (nSPS) is 29.3. The minimum Gasteiger partial charge on any atom is -0.396 e. The van der Waals surface area contributed by atoms with Gasteiger partial charge in [-0.25, -0.2) is 4.79 Å². The van der Waals surface area contributed by atoms with E-state index in [-0.39, 0.29) is 12.2 Å². The monoisotopic (exact) mass is 383 g/mol. The SMILES string of the molecule is CC(C)(C)OC[C@H]1O[C@@H](n2cc3c(nc2=O)N[SiH2]3)[C@@H](O)[C@@H]1OC(C)(C)C. The zero-order valence-corrected chi connectivity index (χ0v) is 17.7. The van der Waals surface area contributed by atoms with Gasteiger partial charge in [-0.3, -0.25) is 4.57 Å². The fourth-order valence-electron chi connectivity index (χ4n) is 3.02. The van der Waals surface area contributed by atoms with Gasteiger partial charge in [-0.15, -0.1) is 0 Å². The predicted octanol–water partition coefficient (Wildman–Crippen LogP) is -0.365. The molecule has 3 heterocycles. The summed E-state index contributed by atoms with van der Waals surface area (Å²) in [5.74, 6) is 0.653. The molecule has 3 rings (SSSR count). The molecular weight excluding hydrogens is 354 g/mol. The van der Waals surface area contributed by atoms with Crippen LogP contribution >= 0.6 is 0 Å². The van der Waals surface area contributed by atoms with Crippen LogP contribution in [0.3, 0.4) is 0 Å². The Morgan fingerprint density at radius 1 is 1.31 bits per heavy atom. The van der Waals surface area contributed by atoms with Gasteiger partial charge in [0.25, 0.3) is 0 Å². The van der Waals surface area contributed by atoms with Gasteiger partial charge in [-0.1, -0.05) is 0 Å². The Hall–Kier alpha value is -1.26. The van der Waals surface area contributed by atoms with Crippen molar-refractivity contribution in [2.24, 2.45) is 0 Å². The van der Waals surface area contributed by atoms with Crippen molar-refractivity contribution in [3.63, 3.8) is 0 Å². The molecule has 8 nitrogen and oxygen atoms in total. The molecule has 2 aliphatic rings. The van der Waals surface area contributed by atoms with Gasteiger partial charge in [-0.2, -0.15) is 4.98 Å². The standard InChI is InChI=1S/C17H29N3O5Si/c1-16(2,3)23-8-9-12(25-17(4,5)6)11(21)14(24-9)20-7-10-13(19-26-10)18-15(20)22/h7,9,11-12,14,21H,8,26H2,1-6H3,(H,18,19,22)/t9-,11+,12-,14-/m1/s1. The van der Waals surface area contributed by atoms with Crippen LogP contribution in [0.25, 0.3) is 0 Å². The van der Waals surface area contributed by atoms with Crippen molar-refractivity contribution >= 4 is 20.7 Å². The van der Waals surface area contributed by atoms with Gasteiger partial charge in [0.05, 0.1) is 17.8 Å². The van der Waals surface area contributed by atoms with Gasteiger partial charge >= 0.3 is 5.69 Å². The Bertz CT molecular complexity index is 725. The number of aliphatic hydroxyl groups is 1. The van der Waals surface area contributed by atoms with Crippen molar-refractivity contribution in [1.29, 1.82) is 0 Å². The number of rotatable bonds is 4. The summed E-state index contributed by atoms with van der Waals surface area (Å²) in [6, 6.07) is 0. The summed E-state index contributed by atoms with van der Waals surface area (Å²) < 4.78 is 19.3. The van der Waals surface area contributed by atoms with Crippen LogP contribution in [0.1, 0.15) is 47.8 Å². The lowest BCUT2D eigenvalue weighted by molar-refractivity contribution is -0.138. The molecule has 4 atom stereocenters. The van der Waals surface area contributed by atoms with Gasteiger partial charge in [-0.05, 0) is 41.5 Å². The molecule has 146 valence electrons. The molecule has 1 aromatic rings. The predicted molar refractivity (Wildman–Crippen MR) is 101 cm³/mol. The van der Waals surface area contributed by atoms with E-state index in [4.69, 9.17) is 14.2 Å². The largest absolute Gasteiger partial charge is 0.396 e. The highest BCUT2D eigenvalue weighted by atomic mass is 28.2. The second kappa shape index (κ2) is 6.72. The molecule has 0 spiro atoms. The van der Waals surface area contributed by atoms with Crippen LogP contribution < -0.4 is 15.9 Å². The van der Waals surface area contributed by atoms with E-state index in [2.05, 4.69) is 9.97 Å². The number of hydrogen-bond donors (Lipinski definition) is 2. The number of fused-ring (bicyclic) bond motifs is 1. The quantitative estimate of drug-likeness (QED) is 0.686. The molecular formula is C17H29N3O5Si. The molecule has 1 saturated heterocycles. The zero-order chi connectivity index (χ0) is 19.3. The smallest absolute Gasteiger partial charge is 0.351 e. The first-order chi connectivity index (χ1) is 11.9. The number of ether oxygens (including phenoxy) is 3. The third kappa shape index (κ3) is 4.17. The highest BCUT2D eigenvalue weighted by Gasteiger charge is 2.48. The topological polar surface area (TPSA) is 94.8 Å². The molecule has 0 amide bonds. The molecule has 9 heteroatoms. The fourth-order valence-corrected chi connectivity index (χ4v) is 4.00. The Balaban J connectivity index is 1.85. The van der Waals surface area contributed by atoms with Gasteiger partial charge in [0.2, 0.25) is 0 Å². The van der Waals surface area contributed by atoms with E-state index in [0.29, 0.717) is 5.82 Å². The van der Waals surface area contributed by atoms with Crippen LogP contribution in [0.2, 0.25) is 0 Å². The van der Waals surface area contributed by atoms with Gasteiger partial charge in [0.15, 0.2) is 15.9 Å². The van der Waals surface area contributed by atoms with Crippen LogP contribution in [0.4, 0.5) is 5.82 Å². The number of nitrogens with one attached hydrogen (secondary N) is 1. The number of aromatic nitrogens is 2. The molecule has 26 heavy (non-hydrogen) atoms. The molecule has 0 unspecified atom stereocenters. The summed E-state index contributed by atoms with van der Waals surface area (Å²) in [6.07, 6.45) is -1.16. The van der Waals surface area contributed by atoms with Crippen LogP contribution in [-0.2, 0) is 14.2 Å². The molecule has 2 N–H and O–H groups in total. The molecule has 0 aromatic carbocycles. The molecule has 0 saturated carbocycles. The Labute approximate surface area is 155 Å². The summed E-state index contributed by atoms with van der Waals surface area (Å²) in [5, 5.41) is 11.9. The molecule has 0 aliphatic carbocycles. The van der Waals surface area contributed by atoms with Crippen molar-refractivity contribution in [3.05, 3.63) is 16.7 Å². The van der Waals surface area contributed by atoms with E-state index < -0.39 is 45.5 Å². The Morgan fingerprint density at radius 2 is 2.00 bits per heavy atom. The van der Waals surface area contributed by atoms with Crippen LogP contribution in [-0.4, -0.2) is 60.5 Å². The summed E-state index contributed by atoms with van der Waals surface area (Å²) in [5.41, 5.74) is -1.25. The second-order valence-corrected chi connectivity index (χ2v) is 10.3. The maximum Gasteiger partial charge on any atom is 0.351 e. The minimum absolute atomic E-state index is 0.265. The van der Waals surface area contributed by atoms with Crippen LogP contribution in [0.5, 0.6) is 0 Å². The first-order valence-corrected chi connectivity index (χ1v) is 10.4. The maximum atomic E-state index is 12.3. The Morgan fingerprint density at radius 3 is 2.54 bits per heavy atom. The van der Waals surface area contributed by atoms with Crippen molar-refractivity contribution in [2.45, 2.75) is 77.3 Å². The average molecular weight is 384 g/mol. The van der Waals surface area contributed by atoms with E-state index in [0.717, 1.165) is 5.19 Å². The van der Waals surface area contributed by atoms with Gasteiger partial charge in [0.1, 0.15) is 24.1 Å². The molecule has 0 radical (unpaired) electrons. The summed E-state index contributed by atoms with van der Waals surface area (Å²) in [7, 11) is -0.575. The zero-order valence-electron chi connectivity index (χ0n) is 16.3. The van der Waals surface area contributed by atoms with E-state index in [1.165, 1.54) is 4.57 Å². The lowest BCUT2D eigenvalue weighted by Gasteiger charge is -2.30. The fraction of sp³-hybridized carbons (Fsp3) is 0.765. The highest BCUT2D eigenvalue weighted by molar-refractivity contribution is 6.65. The molecule has 2 aliphatic heterocycles. The molecule has 0 bridgehead atoms. The summed E-state index contributed by atoms with van der Waals surface area (Å²) >= 11 is 0. The van der Waals surface area contributed by atoms with Crippen LogP contribution in [0.15, 0.2) is 11.0 Å². The first kappa shape index (κ1) is 19.5. The van der Waals surface area contributed by atoms with Gasteiger partial charge < -0.3 is 24.3 Å². The van der Waals surface area contributed by atoms with E-state index in [1.807, 2.05) is 41.5 Å². The molecule has 1 fully saturated rings. The highest BCUT2D eigenvalue weighted by Crippen LogP contribution is 2.33. The number of hydrogen-bond acceptors (Lipinski definition) is 7. The second-order valence-electron chi connectivity index (χ2n) is 8.83. The van der Waals surface area contributed by atoms with Crippen molar-refractivity contribution in [3.8, 4) is 0 Å². The van der Waals surface area contributed by atoms with Crippen LogP contribution in [0, 0.1) is 0 Å². The van der Waals surface area contributed by atoms with E-state index in [9.17, 15) is 9.90 Å². The lowest BCUT2D eigenvalue weighted by Crippen LogP contribution is -2.46. The van der Waals surface area contributed by atoms with Crippen molar-refractivity contribution < 1.29 is 19.3 Å². The van der Waals surface area contributed by atoms with Crippen molar-refractivity contribution in [1.82, 2.24) is 9.55 Å². The van der Waals surface area contributed by atoms with E-state index >= 15 is 0 Å². The number of anilines is 1. The first-order valence-electron chi connectivity index (χ1n) is 8.96. The number of aliphatic hydroxyl groups excluding tert-OH is 1. The summed E-state index contributed by atoms with van der Waals surface area (Å²) in [4.78, 5) is 19.5. The summed E-state index contributed by atoms with van der Waals surface area (Å²) in [6.45, 7) is 11.9. The maximum absolute atomic E-state index is 12.3. The average Bonchev–Trinajstić information content (AvgIpc) is 2.76. The minimum atomic E-state index is -0.991. The molecule has 1 aromatic heterocycles. The number of nitrogens with zero attached hydrogens (tertiary/aromatic N) is 2. The Kier molecular flexibility index (Phi) is 5.04. The van der Waals surface area contributed by atoms with Crippen molar-refractivity contribution in [2.75, 3.05) is 11.6 Å². The lowest BCUT2D eigenvalue weighted by atomic mass is 10.1. The third-order valence-electron chi connectivity index (χ3n) is 4.23. The third-order valence-corrected chi connectivity index (χ3v) is 5.64. The van der Waals surface area contributed by atoms with E-state index in [1.54, 1.807) is 6.20 Å². The van der Waals surface area contributed by atoms with Gasteiger partial charge in [0, 0.05) is 11.4 Å².